The van der Waals surface area contributed by atoms with Crippen molar-refractivity contribution in [2.24, 2.45) is 5.92 Å². The zero-order valence-corrected chi connectivity index (χ0v) is 12.6. The highest BCUT2D eigenvalue weighted by Gasteiger charge is 2.40. The second kappa shape index (κ2) is 5.26. The summed E-state index contributed by atoms with van der Waals surface area (Å²) in [7, 11) is 0. The van der Waals surface area contributed by atoms with Gasteiger partial charge in [-0.3, -0.25) is 14.5 Å². The number of hydrogen-bond donors (Lipinski definition) is 1. The van der Waals surface area contributed by atoms with E-state index in [0.717, 1.165) is 36.8 Å². The standard InChI is InChI=1S/C17H21NO3/c1-10-7-8-11(2)15-14(10)16(20)18(17(15)21)9-12-5-3-4-6-13(12)19/h7-8,12-13,19H,3-6,9H2,1-2H3. The van der Waals surface area contributed by atoms with Gasteiger partial charge in [0, 0.05) is 12.5 Å². The average Bonchev–Trinajstić information content (AvgIpc) is 2.71. The number of carbonyl (C=O) groups excluding carboxylic acids is 2. The van der Waals surface area contributed by atoms with E-state index in [1.807, 2.05) is 26.0 Å². The summed E-state index contributed by atoms with van der Waals surface area (Å²) in [6, 6.07) is 3.77. The molecule has 0 aromatic heterocycles. The first-order valence-electron chi connectivity index (χ1n) is 7.65. The smallest absolute Gasteiger partial charge is 0.261 e. The van der Waals surface area contributed by atoms with Crippen LogP contribution in [0.5, 0.6) is 0 Å². The molecule has 1 aliphatic carbocycles. The average molecular weight is 287 g/mol. The van der Waals surface area contributed by atoms with Gasteiger partial charge >= 0.3 is 0 Å². The number of carbonyl (C=O) groups is 2. The molecule has 1 aliphatic heterocycles. The number of hydrogen-bond acceptors (Lipinski definition) is 3. The number of amides is 2. The Morgan fingerprint density at radius 2 is 1.57 bits per heavy atom. The normalized spacial score (nSPS) is 25.4. The molecule has 1 aromatic rings. The number of aliphatic hydroxyl groups is 1. The molecule has 4 heteroatoms. The van der Waals surface area contributed by atoms with E-state index in [0.29, 0.717) is 17.7 Å². The van der Waals surface area contributed by atoms with Crippen molar-refractivity contribution in [3.05, 3.63) is 34.4 Å². The molecule has 0 saturated heterocycles. The summed E-state index contributed by atoms with van der Waals surface area (Å²) in [4.78, 5) is 26.5. The van der Waals surface area contributed by atoms with Crippen molar-refractivity contribution in [2.45, 2.75) is 45.6 Å². The van der Waals surface area contributed by atoms with Crippen LogP contribution in [0, 0.1) is 19.8 Å². The van der Waals surface area contributed by atoms with Crippen molar-refractivity contribution in [1.29, 1.82) is 0 Å². The van der Waals surface area contributed by atoms with Gasteiger partial charge in [0.1, 0.15) is 0 Å². The van der Waals surface area contributed by atoms with Crippen LogP contribution in [0.25, 0.3) is 0 Å². The van der Waals surface area contributed by atoms with Crippen LogP contribution >= 0.6 is 0 Å². The number of fused-ring (bicyclic) bond motifs is 1. The summed E-state index contributed by atoms with van der Waals surface area (Å²) >= 11 is 0. The molecule has 1 aromatic carbocycles. The number of imide groups is 1. The highest BCUT2D eigenvalue weighted by molar-refractivity contribution is 6.22. The third kappa shape index (κ3) is 2.27. The highest BCUT2D eigenvalue weighted by Crippen LogP contribution is 2.32. The predicted molar refractivity (Wildman–Crippen MR) is 79.2 cm³/mol. The van der Waals surface area contributed by atoms with E-state index in [9.17, 15) is 14.7 Å². The molecule has 1 heterocycles. The molecule has 1 fully saturated rings. The third-order valence-electron chi connectivity index (χ3n) is 4.83. The Kier molecular flexibility index (Phi) is 3.57. The van der Waals surface area contributed by atoms with Gasteiger partial charge in [-0.25, -0.2) is 0 Å². The molecule has 0 radical (unpaired) electrons. The van der Waals surface area contributed by atoms with Gasteiger partial charge in [-0.15, -0.1) is 0 Å². The fourth-order valence-corrected chi connectivity index (χ4v) is 3.53. The van der Waals surface area contributed by atoms with Crippen molar-refractivity contribution >= 4 is 11.8 Å². The molecule has 2 unspecified atom stereocenters. The third-order valence-corrected chi connectivity index (χ3v) is 4.83. The molecule has 3 rings (SSSR count). The van der Waals surface area contributed by atoms with E-state index < -0.39 is 6.10 Å². The van der Waals surface area contributed by atoms with Crippen molar-refractivity contribution in [3.8, 4) is 0 Å². The highest BCUT2D eigenvalue weighted by atomic mass is 16.3. The first-order valence-corrected chi connectivity index (χ1v) is 7.65. The Labute approximate surface area is 124 Å². The van der Waals surface area contributed by atoms with Crippen molar-refractivity contribution in [3.63, 3.8) is 0 Å². The molecular weight excluding hydrogens is 266 g/mol. The van der Waals surface area contributed by atoms with Crippen LogP contribution in [0.4, 0.5) is 0 Å². The molecule has 4 nitrogen and oxygen atoms in total. The fraction of sp³-hybridized carbons (Fsp3) is 0.529. The molecule has 21 heavy (non-hydrogen) atoms. The maximum atomic E-state index is 12.6. The van der Waals surface area contributed by atoms with E-state index in [4.69, 9.17) is 0 Å². The molecule has 112 valence electrons. The zero-order valence-electron chi connectivity index (χ0n) is 12.6. The van der Waals surface area contributed by atoms with Crippen LogP contribution in [0.3, 0.4) is 0 Å². The summed E-state index contributed by atoms with van der Waals surface area (Å²) in [5.41, 5.74) is 2.79. The lowest BCUT2D eigenvalue weighted by atomic mass is 9.86. The molecule has 1 saturated carbocycles. The Bertz CT molecular complexity index is 567. The largest absolute Gasteiger partial charge is 0.393 e. The van der Waals surface area contributed by atoms with Crippen LogP contribution < -0.4 is 0 Å². The van der Waals surface area contributed by atoms with Gasteiger partial charge in [-0.05, 0) is 37.8 Å². The van der Waals surface area contributed by atoms with Crippen LogP contribution in [0.1, 0.15) is 57.5 Å². The van der Waals surface area contributed by atoms with Gasteiger partial charge in [-0.1, -0.05) is 25.0 Å². The van der Waals surface area contributed by atoms with Crippen molar-refractivity contribution in [1.82, 2.24) is 4.90 Å². The van der Waals surface area contributed by atoms with Crippen LogP contribution in [0.2, 0.25) is 0 Å². The molecule has 2 atom stereocenters. The molecule has 0 spiro atoms. The van der Waals surface area contributed by atoms with Gasteiger partial charge < -0.3 is 5.11 Å². The minimum Gasteiger partial charge on any atom is -0.393 e. The lowest BCUT2D eigenvalue weighted by Crippen LogP contribution is -2.40. The summed E-state index contributed by atoms with van der Waals surface area (Å²) in [5, 5.41) is 10.1. The van der Waals surface area contributed by atoms with Gasteiger partial charge in [0.05, 0.1) is 17.2 Å². The van der Waals surface area contributed by atoms with Gasteiger partial charge in [0.2, 0.25) is 0 Å². The van der Waals surface area contributed by atoms with E-state index >= 15 is 0 Å². The van der Waals surface area contributed by atoms with E-state index in [1.54, 1.807) is 0 Å². The second-order valence-corrected chi connectivity index (χ2v) is 6.28. The molecule has 2 aliphatic rings. The summed E-state index contributed by atoms with van der Waals surface area (Å²) in [5.74, 6) is -0.385. The summed E-state index contributed by atoms with van der Waals surface area (Å²) in [6.45, 7) is 4.07. The monoisotopic (exact) mass is 287 g/mol. The summed E-state index contributed by atoms with van der Waals surface area (Å²) in [6.07, 6.45) is 3.34. The van der Waals surface area contributed by atoms with Crippen LogP contribution in [-0.4, -0.2) is 34.5 Å². The molecule has 2 amide bonds. The van der Waals surface area contributed by atoms with Crippen LogP contribution in [-0.2, 0) is 0 Å². The van der Waals surface area contributed by atoms with Gasteiger partial charge in [0.25, 0.3) is 11.8 Å². The Morgan fingerprint density at radius 3 is 2.10 bits per heavy atom. The SMILES string of the molecule is Cc1ccc(C)c2c1C(=O)N(CC1CCCCC1O)C2=O. The second-order valence-electron chi connectivity index (χ2n) is 6.28. The van der Waals surface area contributed by atoms with Crippen LogP contribution in [0.15, 0.2) is 12.1 Å². The first-order chi connectivity index (χ1) is 10.0. The van der Waals surface area contributed by atoms with Crippen molar-refractivity contribution < 1.29 is 14.7 Å². The van der Waals surface area contributed by atoms with Gasteiger partial charge in [-0.2, -0.15) is 0 Å². The number of nitrogens with zero attached hydrogens (tertiary/aromatic N) is 1. The Balaban J connectivity index is 1.89. The lowest BCUT2D eigenvalue weighted by Gasteiger charge is -2.30. The molecule has 0 bridgehead atoms. The number of aryl methyl sites for hydroxylation is 2. The Hall–Kier alpha value is -1.68. The molecular formula is C17H21NO3. The zero-order chi connectivity index (χ0) is 15.1. The minimum atomic E-state index is -0.398. The van der Waals surface area contributed by atoms with E-state index in [1.165, 1.54) is 4.90 Å². The lowest BCUT2D eigenvalue weighted by molar-refractivity contribution is 0.0388. The quantitative estimate of drug-likeness (QED) is 0.850. The topological polar surface area (TPSA) is 57.6 Å². The maximum absolute atomic E-state index is 12.6. The number of rotatable bonds is 2. The first kappa shape index (κ1) is 14.3. The molecule has 1 N–H and O–H groups in total. The number of benzene rings is 1. The van der Waals surface area contributed by atoms with E-state index in [2.05, 4.69) is 0 Å². The van der Waals surface area contributed by atoms with Gasteiger partial charge in [0.15, 0.2) is 0 Å². The fourth-order valence-electron chi connectivity index (χ4n) is 3.53. The Morgan fingerprint density at radius 1 is 1.05 bits per heavy atom. The van der Waals surface area contributed by atoms with Crippen molar-refractivity contribution in [2.75, 3.05) is 6.54 Å². The number of aliphatic hydroxyl groups excluding tert-OH is 1. The van der Waals surface area contributed by atoms with E-state index in [-0.39, 0.29) is 17.7 Å². The minimum absolute atomic E-state index is 0.0153. The summed E-state index contributed by atoms with van der Waals surface area (Å²) < 4.78 is 0. The predicted octanol–water partition coefficient (Wildman–Crippen LogP) is 2.45. The maximum Gasteiger partial charge on any atom is 0.261 e.